The largest absolute Gasteiger partial charge is 0.497 e. The molecule has 3 aromatic rings. The quantitative estimate of drug-likeness (QED) is 0.289. The molecule has 1 fully saturated rings. The van der Waals surface area contributed by atoms with Gasteiger partial charge in [0.1, 0.15) is 41.7 Å². The Balaban J connectivity index is 1.55. The number of benzene rings is 3. The second-order valence-electron chi connectivity index (χ2n) is 13.9. The molecule has 3 aromatic carbocycles. The molecule has 0 aromatic heterocycles. The predicted octanol–water partition coefficient (Wildman–Crippen LogP) is 2.30. The van der Waals surface area contributed by atoms with Crippen molar-refractivity contribution in [3.05, 3.63) is 83.4 Å². The molecule has 14 nitrogen and oxygen atoms in total. The predicted molar refractivity (Wildman–Crippen MR) is 209 cm³/mol. The van der Waals surface area contributed by atoms with E-state index in [4.69, 9.17) is 26.4 Å². The van der Waals surface area contributed by atoms with Gasteiger partial charge in [-0.15, -0.1) is 0 Å². The minimum atomic E-state index is -1.09. The van der Waals surface area contributed by atoms with Crippen LogP contribution in [-0.2, 0) is 43.2 Å². The number of fused-ring (bicyclic) bond motifs is 2. The zero-order valence-electron chi connectivity index (χ0n) is 32.0. The summed E-state index contributed by atoms with van der Waals surface area (Å²) < 4.78 is 17.0. The number of carbonyl (C=O) groups is 5. The van der Waals surface area contributed by atoms with Crippen molar-refractivity contribution in [1.29, 1.82) is 0 Å². The Labute approximate surface area is 326 Å². The third-order valence-corrected chi connectivity index (χ3v) is 10.3. The zero-order valence-corrected chi connectivity index (χ0v) is 32.8. The molecule has 0 radical (unpaired) electrons. The summed E-state index contributed by atoms with van der Waals surface area (Å²) >= 11 is 5.83. The van der Waals surface area contributed by atoms with Crippen LogP contribution in [0.3, 0.4) is 0 Å². The van der Waals surface area contributed by atoms with Crippen LogP contribution in [0.1, 0.15) is 37.5 Å². The van der Waals surface area contributed by atoms with Crippen LogP contribution in [0.15, 0.2) is 66.7 Å². The summed E-state index contributed by atoms with van der Waals surface area (Å²) in [5.74, 6) is -0.552. The van der Waals surface area contributed by atoms with E-state index in [-0.39, 0.29) is 24.3 Å². The number of amides is 5. The highest BCUT2D eigenvalue weighted by atomic mass is 32.1. The number of ether oxygens (including phenoxy) is 3. The van der Waals surface area contributed by atoms with Crippen LogP contribution in [0, 0.1) is 0 Å². The maximum absolute atomic E-state index is 14.4. The van der Waals surface area contributed by atoms with Crippen molar-refractivity contribution in [3.63, 3.8) is 0 Å². The van der Waals surface area contributed by atoms with Gasteiger partial charge in [0.2, 0.25) is 29.5 Å². The average molecular weight is 773 g/mol. The Hall–Kier alpha value is -5.70. The first-order valence-electron chi connectivity index (χ1n) is 18.0. The van der Waals surface area contributed by atoms with Crippen molar-refractivity contribution in [2.45, 2.75) is 76.3 Å². The lowest BCUT2D eigenvalue weighted by atomic mass is 10.00. The number of nitrogens with zero attached hydrogens (tertiary/aromatic N) is 2. The van der Waals surface area contributed by atoms with Crippen LogP contribution in [0.4, 0.5) is 0 Å². The van der Waals surface area contributed by atoms with Crippen molar-refractivity contribution >= 4 is 46.7 Å². The van der Waals surface area contributed by atoms with Gasteiger partial charge in [-0.25, -0.2) is 0 Å². The van der Waals surface area contributed by atoms with E-state index < -0.39 is 65.8 Å². The molecular weight excluding hydrogens is 725 g/mol. The molecule has 3 heterocycles. The molecule has 6 atom stereocenters. The monoisotopic (exact) mass is 772 g/mol. The van der Waals surface area contributed by atoms with Gasteiger partial charge in [0, 0.05) is 26.9 Å². The van der Waals surface area contributed by atoms with Gasteiger partial charge in [-0.1, -0.05) is 42.5 Å². The Kier molecular flexibility index (Phi) is 13.0. The third-order valence-electron chi connectivity index (χ3n) is 9.92. The molecule has 5 amide bonds. The number of thiocarbonyl (C=S) groups is 1. The fourth-order valence-corrected chi connectivity index (χ4v) is 6.87. The van der Waals surface area contributed by atoms with Crippen molar-refractivity contribution in [2.75, 3.05) is 28.3 Å². The molecule has 3 aliphatic heterocycles. The highest BCUT2D eigenvalue weighted by Gasteiger charge is 2.36. The average Bonchev–Trinajstić information content (AvgIpc) is 3.17. The number of carbonyl (C=O) groups excluding carboxylic acids is 5. The molecule has 4 N–H and O–H groups in total. The first-order chi connectivity index (χ1) is 26.2. The third kappa shape index (κ3) is 9.70. The minimum absolute atomic E-state index is 0.101. The van der Waals surface area contributed by atoms with Crippen LogP contribution in [-0.4, -0.2) is 109 Å². The van der Waals surface area contributed by atoms with Gasteiger partial charge >= 0.3 is 0 Å². The Morgan fingerprint density at radius 3 is 1.95 bits per heavy atom. The second-order valence-corrected chi connectivity index (χ2v) is 14.3. The normalized spacial score (nSPS) is 24.3. The Bertz CT molecular complexity index is 1920. The van der Waals surface area contributed by atoms with Crippen molar-refractivity contribution in [3.8, 4) is 23.0 Å². The lowest BCUT2D eigenvalue weighted by Gasteiger charge is -2.34. The summed E-state index contributed by atoms with van der Waals surface area (Å²) in [4.78, 5) is 72.6. The van der Waals surface area contributed by atoms with Gasteiger partial charge in [-0.05, 0) is 80.3 Å². The maximum Gasteiger partial charge on any atom is 0.245 e. The van der Waals surface area contributed by atoms with E-state index in [2.05, 4.69) is 21.3 Å². The molecule has 0 unspecified atom stereocenters. The number of hydrogen-bond acceptors (Lipinski definition) is 9. The Morgan fingerprint density at radius 1 is 0.691 bits per heavy atom. The van der Waals surface area contributed by atoms with Gasteiger partial charge < -0.3 is 45.3 Å². The van der Waals surface area contributed by atoms with E-state index in [0.717, 1.165) is 16.7 Å². The topological polar surface area (TPSA) is 168 Å². The van der Waals surface area contributed by atoms with Crippen molar-refractivity contribution < 1.29 is 38.2 Å². The summed E-state index contributed by atoms with van der Waals surface area (Å²) in [5.41, 5.74) is 2.21. The van der Waals surface area contributed by atoms with E-state index in [1.54, 1.807) is 74.7 Å². The standard InChI is InChI=1S/C40H48N6O8S/c1-22-35(47)41-23(2)39(50)45(4)31(19-25-8-13-28(52-6)14-9-25)36(48)42-24(3)40(51)46(5)32-20-26-10-15-29(16-11-26)54-34-21-27(12-17-33(34)53-7)18-30(38(55)43-22)44-37(32)49/h8-17,21-24,30-32H,18-20H2,1-7H3,(H,41,47)(H,42,48)(H,43,55)(H,44,49)/t22-,23+,24+,30+,31+,32+/m1/s1. The molecule has 292 valence electrons. The molecule has 6 bridgehead atoms. The van der Waals surface area contributed by atoms with Gasteiger partial charge in [-0.3, -0.25) is 24.0 Å². The number of nitrogens with one attached hydrogen (secondary N) is 4. The summed E-state index contributed by atoms with van der Waals surface area (Å²) in [6.07, 6.45) is 0.407. The number of rotatable bonds is 4. The number of hydrogen-bond donors (Lipinski definition) is 4. The molecule has 1 saturated heterocycles. The molecule has 3 aliphatic rings. The summed E-state index contributed by atoms with van der Waals surface area (Å²) in [5, 5.41) is 11.6. The minimum Gasteiger partial charge on any atom is -0.497 e. The molecule has 55 heavy (non-hydrogen) atoms. The van der Waals surface area contributed by atoms with E-state index in [1.165, 1.54) is 44.9 Å². The van der Waals surface area contributed by atoms with Crippen LogP contribution < -0.4 is 35.5 Å². The van der Waals surface area contributed by atoms with Crippen LogP contribution >= 0.6 is 12.2 Å². The van der Waals surface area contributed by atoms with Crippen LogP contribution in [0.25, 0.3) is 0 Å². The van der Waals surface area contributed by atoms with Crippen molar-refractivity contribution in [1.82, 2.24) is 31.1 Å². The SMILES string of the molecule is COc1ccc(C[C@H]2C(=O)N[C@@H](C)C(=O)N(C)[C@H]3Cc4ccc(cc4)Oc4cc(ccc4OC)C[C@H](NC3=O)C(=S)N[C@H](C)C(=O)N[C@@H](C)C(=O)N2C)cc1. The van der Waals surface area contributed by atoms with Gasteiger partial charge in [0.25, 0.3) is 0 Å². The summed E-state index contributed by atoms with van der Waals surface area (Å²) in [6.45, 7) is 4.64. The molecular formula is C40H48N6O8S. The highest BCUT2D eigenvalue weighted by Crippen LogP contribution is 2.33. The van der Waals surface area contributed by atoms with E-state index in [9.17, 15) is 24.0 Å². The smallest absolute Gasteiger partial charge is 0.245 e. The number of methoxy groups -OCH3 is 2. The van der Waals surface area contributed by atoms with Crippen LogP contribution in [0.5, 0.6) is 23.0 Å². The van der Waals surface area contributed by atoms with E-state index >= 15 is 0 Å². The molecule has 0 aliphatic carbocycles. The molecule has 0 spiro atoms. The van der Waals surface area contributed by atoms with Gasteiger partial charge in [0.05, 0.1) is 25.2 Å². The summed E-state index contributed by atoms with van der Waals surface area (Å²) in [6, 6.07) is 13.6. The zero-order chi connectivity index (χ0) is 40.0. The van der Waals surface area contributed by atoms with E-state index in [0.29, 0.717) is 23.0 Å². The fourth-order valence-electron chi connectivity index (χ4n) is 6.55. The Morgan fingerprint density at radius 2 is 1.31 bits per heavy atom. The lowest BCUT2D eigenvalue weighted by molar-refractivity contribution is -0.144. The first-order valence-corrected chi connectivity index (χ1v) is 18.4. The second kappa shape index (κ2) is 17.6. The van der Waals surface area contributed by atoms with E-state index in [1.807, 2.05) is 6.07 Å². The van der Waals surface area contributed by atoms with Gasteiger partial charge in [0.15, 0.2) is 11.5 Å². The van der Waals surface area contributed by atoms with Gasteiger partial charge in [-0.2, -0.15) is 0 Å². The van der Waals surface area contributed by atoms with Crippen LogP contribution in [0.2, 0.25) is 0 Å². The molecule has 6 rings (SSSR count). The number of likely N-dealkylation sites (N-methyl/N-ethyl adjacent to an activating group) is 2. The van der Waals surface area contributed by atoms with Crippen molar-refractivity contribution in [2.24, 2.45) is 0 Å². The summed E-state index contributed by atoms with van der Waals surface area (Å²) in [7, 11) is 6.07. The lowest BCUT2D eigenvalue weighted by Crippen LogP contribution is -2.61. The maximum atomic E-state index is 14.4. The first kappa shape index (κ1) is 40.5. The fraction of sp³-hybridized carbons (Fsp3) is 0.400. The molecule has 15 heteroatoms. The highest BCUT2D eigenvalue weighted by molar-refractivity contribution is 7.80. The molecule has 0 saturated carbocycles.